The van der Waals surface area contributed by atoms with Crippen LogP contribution in [0.25, 0.3) is 0 Å². The van der Waals surface area contributed by atoms with Gasteiger partial charge in [-0.25, -0.2) is 4.79 Å². The van der Waals surface area contributed by atoms with Crippen molar-refractivity contribution in [1.82, 2.24) is 6.15 Å². The topological polar surface area (TPSA) is 61.3 Å². The highest BCUT2D eigenvalue weighted by Crippen LogP contribution is 2.34. The van der Waals surface area contributed by atoms with Crippen molar-refractivity contribution < 1.29 is 9.53 Å². The van der Waals surface area contributed by atoms with E-state index in [0.29, 0.717) is 5.57 Å². The normalized spacial score (nSPS) is 12.6. The van der Waals surface area contributed by atoms with Gasteiger partial charge in [-0.1, -0.05) is 49.9 Å². The largest absolute Gasteiger partial charge is 0.458 e. The van der Waals surface area contributed by atoms with Gasteiger partial charge >= 0.3 is 5.97 Å². The van der Waals surface area contributed by atoms with Gasteiger partial charge in [-0.2, -0.15) is 0 Å². The van der Waals surface area contributed by atoms with Gasteiger partial charge in [0.25, 0.3) is 0 Å². The molecule has 0 radical (unpaired) electrons. The molecule has 1 atom stereocenters. The van der Waals surface area contributed by atoms with Crippen molar-refractivity contribution in [2.75, 3.05) is 0 Å². The zero-order chi connectivity index (χ0) is 12.1. The van der Waals surface area contributed by atoms with Crippen molar-refractivity contribution in [3.8, 4) is 0 Å². The van der Waals surface area contributed by atoms with E-state index < -0.39 is 0 Å². The molecule has 0 heterocycles. The number of esters is 1. The van der Waals surface area contributed by atoms with Gasteiger partial charge in [0, 0.05) is 5.57 Å². The number of hydrogen-bond acceptors (Lipinski definition) is 3. The number of hydrogen-bond donors (Lipinski definition) is 1. The molecule has 96 valence electrons. The monoisotopic (exact) mass is 341 g/mol. The third-order valence-electron chi connectivity index (χ3n) is 2.72. The predicted octanol–water partition coefficient (Wildman–Crippen LogP) is 4.04. The van der Waals surface area contributed by atoms with Crippen LogP contribution < -0.4 is 6.15 Å². The molecule has 3 nitrogen and oxygen atoms in total. The second kappa shape index (κ2) is 8.06. The molecule has 4 heteroatoms. The molecule has 0 aliphatic carbocycles. The molecule has 0 bridgehead atoms. The Hall–Kier alpha value is -0.100. The van der Waals surface area contributed by atoms with Gasteiger partial charge in [-0.05, 0) is 26.2 Å². The molecule has 0 aliphatic heterocycles. The highest BCUT2D eigenvalue weighted by Gasteiger charge is 2.34. The second-order valence-corrected chi connectivity index (χ2v) is 5.97. The molecule has 0 aliphatic rings. The molecule has 0 spiro atoms. The molecule has 16 heavy (non-hydrogen) atoms. The molecule has 0 aromatic heterocycles. The van der Waals surface area contributed by atoms with E-state index in [-0.39, 0.29) is 21.6 Å². The minimum absolute atomic E-state index is 0. The standard InChI is InChI=1S/C12H21IO2.H3N/c1-6-10(12(13,7-2)8-3)15-11(14)9(4)5;/h10H,4,6-8H2,1-3,5H3;1H3. The maximum Gasteiger partial charge on any atom is 0.333 e. The zero-order valence-electron chi connectivity index (χ0n) is 10.8. The van der Waals surface area contributed by atoms with E-state index in [1.165, 1.54) is 0 Å². The van der Waals surface area contributed by atoms with Crippen molar-refractivity contribution in [2.24, 2.45) is 0 Å². The number of ether oxygens (including phenoxy) is 1. The fraction of sp³-hybridized carbons (Fsp3) is 0.750. The molecule has 0 rings (SSSR count). The van der Waals surface area contributed by atoms with Crippen LogP contribution in [-0.2, 0) is 9.53 Å². The van der Waals surface area contributed by atoms with Crippen molar-refractivity contribution >= 4 is 28.6 Å². The first-order chi connectivity index (χ1) is 6.91. The lowest BCUT2D eigenvalue weighted by molar-refractivity contribution is -0.145. The Labute approximate surface area is 113 Å². The average molecular weight is 341 g/mol. The molecule has 0 saturated heterocycles. The fourth-order valence-corrected chi connectivity index (χ4v) is 2.06. The summed E-state index contributed by atoms with van der Waals surface area (Å²) in [4.78, 5) is 11.5. The van der Waals surface area contributed by atoms with E-state index in [0.717, 1.165) is 19.3 Å². The Bertz CT molecular complexity index is 237. The Kier molecular flexibility index (Phi) is 9.20. The van der Waals surface area contributed by atoms with Gasteiger partial charge in [-0.3, -0.25) is 0 Å². The average Bonchev–Trinajstić information content (AvgIpc) is 2.24. The van der Waals surface area contributed by atoms with Crippen LogP contribution in [0.15, 0.2) is 12.2 Å². The minimum atomic E-state index is -0.273. The summed E-state index contributed by atoms with van der Waals surface area (Å²) in [5.74, 6) is -0.273. The third-order valence-corrected chi connectivity index (χ3v) is 4.94. The van der Waals surface area contributed by atoms with Crippen LogP contribution >= 0.6 is 22.6 Å². The van der Waals surface area contributed by atoms with Gasteiger partial charge in [0.2, 0.25) is 0 Å². The molecule has 0 amide bonds. The zero-order valence-corrected chi connectivity index (χ0v) is 13.0. The molecule has 0 fully saturated rings. The van der Waals surface area contributed by atoms with Crippen molar-refractivity contribution in [3.05, 3.63) is 12.2 Å². The molecule has 0 aromatic rings. The highest BCUT2D eigenvalue weighted by atomic mass is 127. The van der Waals surface area contributed by atoms with Crippen LogP contribution in [0.4, 0.5) is 0 Å². The predicted molar refractivity (Wildman–Crippen MR) is 77.3 cm³/mol. The van der Waals surface area contributed by atoms with E-state index in [9.17, 15) is 4.79 Å². The van der Waals surface area contributed by atoms with Crippen LogP contribution in [-0.4, -0.2) is 15.5 Å². The number of carbonyl (C=O) groups is 1. The van der Waals surface area contributed by atoms with E-state index in [4.69, 9.17) is 4.74 Å². The summed E-state index contributed by atoms with van der Waals surface area (Å²) in [7, 11) is 0. The third kappa shape index (κ3) is 4.82. The maximum atomic E-state index is 11.5. The van der Waals surface area contributed by atoms with Gasteiger partial charge in [0.05, 0.1) is 3.42 Å². The smallest absolute Gasteiger partial charge is 0.333 e. The Morgan fingerprint density at radius 2 is 1.81 bits per heavy atom. The van der Waals surface area contributed by atoms with Crippen molar-refractivity contribution in [2.45, 2.75) is 56.5 Å². The maximum absolute atomic E-state index is 11.5. The first kappa shape index (κ1) is 18.3. The minimum Gasteiger partial charge on any atom is -0.458 e. The SMILES string of the molecule is C=C(C)C(=O)OC(CC)C(I)(CC)CC.N. The second-order valence-electron chi connectivity index (χ2n) is 3.82. The van der Waals surface area contributed by atoms with Crippen LogP contribution in [0.3, 0.4) is 0 Å². The molecule has 0 aromatic carbocycles. The van der Waals surface area contributed by atoms with Gasteiger partial charge in [-0.15, -0.1) is 0 Å². The summed E-state index contributed by atoms with van der Waals surface area (Å²) < 4.78 is 5.52. The van der Waals surface area contributed by atoms with Gasteiger partial charge in [0.15, 0.2) is 0 Å². The first-order valence-corrected chi connectivity index (χ1v) is 6.54. The summed E-state index contributed by atoms with van der Waals surface area (Å²) >= 11 is 2.41. The van der Waals surface area contributed by atoms with Crippen LogP contribution in [0.5, 0.6) is 0 Å². The van der Waals surface area contributed by atoms with E-state index in [2.05, 4.69) is 49.9 Å². The van der Waals surface area contributed by atoms with Crippen LogP contribution in [0, 0.1) is 0 Å². The van der Waals surface area contributed by atoms with Crippen molar-refractivity contribution in [3.63, 3.8) is 0 Å². The lowest BCUT2D eigenvalue weighted by atomic mass is 9.94. The molecular formula is C12H24INO2. The van der Waals surface area contributed by atoms with Gasteiger partial charge in [0.1, 0.15) is 6.10 Å². The van der Waals surface area contributed by atoms with Crippen LogP contribution in [0.1, 0.15) is 47.0 Å². The summed E-state index contributed by atoms with van der Waals surface area (Å²) in [5.41, 5.74) is 0.472. The summed E-state index contributed by atoms with van der Waals surface area (Å²) in [6.45, 7) is 11.6. The number of carbonyl (C=O) groups excluding carboxylic acids is 1. The van der Waals surface area contributed by atoms with E-state index in [1.54, 1.807) is 6.92 Å². The number of halogens is 1. The summed E-state index contributed by atoms with van der Waals surface area (Å²) in [6.07, 6.45) is 2.85. The lowest BCUT2D eigenvalue weighted by Gasteiger charge is -2.33. The summed E-state index contributed by atoms with van der Waals surface area (Å²) in [5, 5.41) is 0. The molecule has 3 N–H and O–H groups in total. The van der Waals surface area contributed by atoms with Crippen LogP contribution in [0.2, 0.25) is 0 Å². The fourth-order valence-electron chi connectivity index (χ4n) is 1.49. The molecule has 1 unspecified atom stereocenters. The first-order valence-electron chi connectivity index (χ1n) is 5.46. The van der Waals surface area contributed by atoms with E-state index in [1.807, 2.05) is 0 Å². The summed E-state index contributed by atoms with van der Waals surface area (Å²) in [6, 6.07) is 0. The molecule has 0 saturated carbocycles. The number of alkyl halides is 1. The van der Waals surface area contributed by atoms with E-state index >= 15 is 0 Å². The Morgan fingerprint density at radius 1 is 1.38 bits per heavy atom. The quantitative estimate of drug-likeness (QED) is 0.343. The lowest BCUT2D eigenvalue weighted by Crippen LogP contribution is -2.38. The Balaban J connectivity index is 0. The highest BCUT2D eigenvalue weighted by molar-refractivity contribution is 14.1. The molecular weight excluding hydrogens is 317 g/mol. The van der Waals surface area contributed by atoms with Crippen molar-refractivity contribution in [1.29, 1.82) is 0 Å². The number of rotatable bonds is 6. The Morgan fingerprint density at radius 3 is 2.06 bits per heavy atom. The van der Waals surface area contributed by atoms with Gasteiger partial charge < -0.3 is 10.9 Å².